The summed E-state index contributed by atoms with van der Waals surface area (Å²) in [5, 5.41) is 10.0. The Bertz CT molecular complexity index is 227. The molecule has 1 heterocycles. The van der Waals surface area contributed by atoms with Crippen LogP contribution in [0.1, 0.15) is 6.92 Å². The van der Waals surface area contributed by atoms with Gasteiger partial charge in [0.1, 0.15) is 0 Å². The molecule has 1 aliphatic rings. The van der Waals surface area contributed by atoms with Crippen LogP contribution in [0.2, 0.25) is 0 Å². The van der Waals surface area contributed by atoms with Gasteiger partial charge in [-0.3, -0.25) is 4.90 Å². The van der Waals surface area contributed by atoms with Crippen molar-refractivity contribution < 1.29 is 14.6 Å². The van der Waals surface area contributed by atoms with E-state index in [1.807, 2.05) is 0 Å². The van der Waals surface area contributed by atoms with Gasteiger partial charge in [0.25, 0.3) is 0 Å². The van der Waals surface area contributed by atoms with Crippen molar-refractivity contribution in [2.45, 2.75) is 13.0 Å². The molecule has 0 bridgehead atoms. The highest BCUT2D eigenvalue weighted by Crippen LogP contribution is 2.11. The average molecular weight is 231 g/mol. The van der Waals surface area contributed by atoms with Gasteiger partial charge in [0.15, 0.2) is 0 Å². The second-order valence-electron chi connectivity index (χ2n) is 3.47. The molecular formula is C10H17NO3S. The largest absolute Gasteiger partial charge is 0.478 e. The fourth-order valence-electron chi connectivity index (χ4n) is 1.42. The van der Waals surface area contributed by atoms with E-state index in [4.69, 9.17) is 9.84 Å². The van der Waals surface area contributed by atoms with Crippen molar-refractivity contribution in [1.29, 1.82) is 0 Å². The first kappa shape index (κ1) is 12.5. The molecule has 15 heavy (non-hydrogen) atoms. The highest BCUT2D eigenvalue weighted by atomic mass is 32.2. The van der Waals surface area contributed by atoms with Crippen molar-refractivity contribution in [3.63, 3.8) is 0 Å². The predicted octanol–water partition coefficient (Wildman–Crippen LogP) is 1.04. The molecule has 1 aliphatic heterocycles. The lowest BCUT2D eigenvalue weighted by Crippen LogP contribution is -2.43. The number of hydrogen-bond donors (Lipinski definition) is 1. The number of morpholine rings is 1. The molecule has 0 radical (unpaired) electrons. The molecule has 0 aromatic carbocycles. The molecule has 1 rings (SSSR count). The fraction of sp³-hybridized carbons (Fsp3) is 0.700. The SMILES string of the molecule is CC(CS/C=C/C(=O)O)N1CCOCC1. The lowest BCUT2D eigenvalue weighted by molar-refractivity contribution is -0.131. The molecule has 0 saturated carbocycles. The van der Waals surface area contributed by atoms with Crippen molar-refractivity contribution in [3.05, 3.63) is 11.5 Å². The second kappa shape index (κ2) is 6.87. The molecule has 5 heteroatoms. The zero-order chi connectivity index (χ0) is 11.1. The van der Waals surface area contributed by atoms with Gasteiger partial charge in [-0.2, -0.15) is 0 Å². The Balaban J connectivity index is 2.17. The van der Waals surface area contributed by atoms with Crippen LogP contribution >= 0.6 is 11.8 Å². The summed E-state index contributed by atoms with van der Waals surface area (Å²) in [6.07, 6.45) is 1.18. The molecule has 0 amide bonds. The van der Waals surface area contributed by atoms with Crippen LogP contribution < -0.4 is 0 Å². The number of nitrogens with zero attached hydrogens (tertiary/aromatic N) is 1. The Morgan fingerprint density at radius 3 is 2.87 bits per heavy atom. The second-order valence-corrected chi connectivity index (χ2v) is 4.41. The van der Waals surface area contributed by atoms with E-state index in [0.717, 1.165) is 32.1 Å². The van der Waals surface area contributed by atoms with Gasteiger partial charge in [0.2, 0.25) is 0 Å². The van der Waals surface area contributed by atoms with Gasteiger partial charge < -0.3 is 9.84 Å². The fourth-order valence-corrected chi connectivity index (χ4v) is 2.24. The van der Waals surface area contributed by atoms with E-state index >= 15 is 0 Å². The molecule has 1 atom stereocenters. The highest BCUT2D eigenvalue weighted by Gasteiger charge is 2.16. The standard InChI is InChI=1S/C10H17NO3S/c1-9(8-15-7-2-10(12)13)11-3-5-14-6-4-11/h2,7,9H,3-6,8H2,1H3,(H,12,13)/b7-2+. The van der Waals surface area contributed by atoms with E-state index in [-0.39, 0.29) is 0 Å². The maximum atomic E-state index is 10.2. The van der Waals surface area contributed by atoms with Crippen molar-refractivity contribution in [3.8, 4) is 0 Å². The molecule has 0 spiro atoms. The van der Waals surface area contributed by atoms with Crippen LogP contribution in [0.15, 0.2) is 11.5 Å². The quantitative estimate of drug-likeness (QED) is 0.716. The molecule has 4 nitrogen and oxygen atoms in total. The van der Waals surface area contributed by atoms with Gasteiger partial charge >= 0.3 is 5.97 Å². The van der Waals surface area contributed by atoms with E-state index in [1.165, 1.54) is 17.8 Å². The molecule has 1 saturated heterocycles. The van der Waals surface area contributed by atoms with E-state index in [1.54, 1.807) is 5.41 Å². The van der Waals surface area contributed by atoms with Crippen LogP contribution in [0.4, 0.5) is 0 Å². The molecule has 1 N–H and O–H groups in total. The maximum Gasteiger partial charge on any atom is 0.328 e. The van der Waals surface area contributed by atoms with Crippen LogP contribution in [0.25, 0.3) is 0 Å². The highest BCUT2D eigenvalue weighted by molar-refractivity contribution is 8.02. The van der Waals surface area contributed by atoms with E-state index < -0.39 is 5.97 Å². The smallest absolute Gasteiger partial charge is 0.328 e. The molecule has 0 aliphatic carbocycles. The Labute approximate surface area is 94.3 Å². The third-order valence-electron chi connectivity index (χ3n) is 2.31. The summed E-state index contributed by atoms with van der Waals surface area (Å²) < 4.78 is 5.27. The van der Waals surface area contributed by atoms with Crippen LogP contribution in [0.5, 0.6) is 0 Å². The normalized spacial score (nSPS) is 20.6. The van der Waals surface area contributed by atoms with Crippen molar-refractivity contribution >= 4 is 17.7 Å². The van der Waals surface area contributed by atoms with Crippen LogP contribution in [-0.4, -0.2) is 54.1 Å². The lowest BCUT2D eigenvalue weighted by Gasteiger charge is -2.31. The number of ether oxygens (including phenoxy) is 1. The van der Waals surface area contributed by atoms with Gasteiger partial charge in [-0.1, -0.05) is 0 Å². The van der Waals surface area contributed by atoms with Crippen LogP contribution in [-0.2, 0) is 9.53 Å². The van der Waals surface area contributed by atoms with E-state index in [0.29, 0.717) is 6.04 Å². The number of hydrogen-bond acceptors (Lipinski definition) is 4. The number of carboxylic acids is 1. The van der Waals surface area contributed by atoms with Crippen molar-refractivity contribution in [2.24, 2.45) is 0 Å². The minimum atomic E-state index is -0.887. The summed E-state index contributed by atoms with van der Waals surface area (Å²) in [4.78, 5) is 12.6. The topological polar surface area (TPSA) is 49.8 Å². The number of carboxylic acid groups (broad SMARTS) is 1. The Morgan fingerprint density at radius 2 is 2.27 bits per heavy atom. The predicted molar refractivity (Wildman–Crippen MR) is 61.1 cm³/mol. The zero-order valence-corrected chi connectivity index (χ0v) is 9.70. The Hall–Kier alpha value is -0.520. The first-order valence-corrected chi connectivity index (χ1v) is 6.08. The third-order valence-corrected chi connectivity index (χ3v) is 3.32. The summed E-state index contributed by atoms with van der Waals surface area (Å²) in [5.41, 5.74) is 0. The monoisotopic (exact) mass is 231 g/mol. The number of aliphatic carboxylic acids is 1. The molecule has 0 aromatic rings. The zero-order valence-electron chi connectivity index (χ0n) is 8.89. The minimum absolute atomic E-state index is 0.470. The van der Waals surface area contributed by atoms with E-state index in [2.05, 4.69) is 11.8 Å². The Kier molecular flexibility index (Phi) is 5.75. The van der Waals surface area contributed by atoms with Crippen molar-refractivity contribution in [1.82, 2.24) is 4.90 Å². The summed E-state index contributed by atoms with van der Waals surface area (Å²) in [7, 11) is 0. The summed E-state index contributed by atoms with van der Waals surface area (Å²) in [6.45, 7) is 5.72. The minimum Gasteiger partial charge on any atom is -0.478 e. The number of rotatable bonds is 5. The molecule has 1 unspecified atom stereocenters. The van der Waals surface area contributed by atoms with Gasteiger partial charge in [-0.05, 0) is 12.3 Å². The van der Waals surface area contributed by atoms with Gasteiger partial charge in [0.05, 0.1) is 13.2 Å². The van der Waals surface area contributed by atoms with E-state index in [9.17, 15) is 4.79 Å². The molecule has 1 fully saturated rings. The summed E-state index contributed by atoms with van der Waals surface area (Å²) in [6, 6.07) is 0.470. The average Bonchev–Trinajstić information content (AvgIpc) is 2.25. The summed E-state index contributed by atoms with van der Waals surface area (Å²) in [5.74, 6) is 0.0329. The Morgan fingerprint density at radius 1 is 1.60 bits per heavy atom. The first-order chi connectivity index (χ1) is 7.20. The van der Waals surface area contributed by atoms with Gasteiger partial charge in [-0.15, -0.1) is 11.8 Å². The first-order valence-electron chi connectivity index (χ1n) is 5.03. The van der Waals surface area contributed by atoms with Gasteiger partial charge in [0, 0.05) is 31.0 Å². The lowest BCUT2D eigenvalue weighted by atomic mass is 10.3. The third kappa shape index (κ3) is 5.20. The number of carbonyl (C=O) groups is 1. The van der Waals surface area contributed by atoms with Crippen molar-refractivity contribution in [2.75, 3.05) is 32.1 Å². The maximum absolute atomic E-state index is 10.2. The summed E-state index contributed by atoms with van der Waals surface area (Å²) >= 11 is 1.54. The van der Waals surface area contributed by atoms with Crippen LogP contribution in [0.3, 0.4) is 0 Å². The number of thioether (sulfide) groups is 1. The van der Waals surface area contributed by atoms with Gasteiger partial charge in [-0.25, -0.2) is 4.79 Å². The molecule has 0 aromatic heterocycles. The molecule has 86 valence electrons. The molecular weight excluding hydrogens is 214 g/mol. The van der Waals surface area contributed by atoms with Crippen LogP contribution in [0, 0.1) is 0 Å².